The molecule has 2 saturated heterocycles. The lowest BCUT2D eigenvalue weighted by molar-refractivity contribution is -0.115. The number of fused-ring (bicyclic) bond motifs is 1. The molecule has 0 N–H and O–H groups in total. The van der Waals surface area contributed by atoms with Crippen LogP contribution in [0.5, 0.6) is 0 Å². The molecule has 0 saturated carbocycles. The molecule has 2 atom stereocenters. The Balaban J connectivity index is 2.14. The van der Waals surface area contributed by atoms with Gasteiger partial charge in [-0.3, -0.25) is 4.79 Å². The summed E-state index contributed by atoms with van der Waals surface area (Å²) in [5.74, 6) is -0.0923. The summed E-state index contributed by atoms with van der Waals surface area (Å²) in [6.07, 6.45) is 0. The van der Waals surface area contributed by atoms with E-state index >= 15 is 0 Å². The first-order chi connectivity index (χ1) is 10.7. The van der Waals surface area contributed by atoms with Crippen molar-refractivity contribution < 1.29 is 13.2 Å². The predicted octanol–water partition coefficient (Wildman–Crippen LogP) is 3.14. The number of thioether (sulfide) groups is 1. The first-order valence-electron chi connectivity index (χ1n) is 6.89. The summed E-state index contributed by atoms with van der Waals surface area (Å²) < 4.78 is 25.7. The average molecular weight is 482 g/mol. The standard InChI is InChI=1S/C14H14Br2N2O3S2/c1-7-3-9(15)13(10(16)4-7)18-11-5-23(20,21)6-12(11)22-14(18)17-8(2)19/h3-4,11-12H,5-6H2,1-2H3/t11-,12+/m1/s1. The molecule has 2 fully saturated rings. The maximum absolute atomic E-state index is 12.0. The fraction of sp³-hybridized carbons (Fsp3) is 0.429. The minimum absolute atomic E-state index is 0.0777. The van der Waals surface area contributed by atoms with Crippen LogP contribution in [0.3, 0.4) is 0 Å². The van der Waals surface area contributed by atoms with Gasteiger partial charge >= 0.3 is 0 Å². The number of anilines is 1. The lowest BCUT2D eigenvalue weighted by atomic mass is 10.1. The fourth-order valence-corrected chi connectivity index (χ4v) is 8.62. The third-order valence-electron chi connectivity index (χ3n) is 3.72. The van der Waals surface area contributed by atoms with E-state index in [9.17, 15) is 13.2 Å². The van der Waals surface area contributed by atoms with Crippen LogP contribution in [-0.4, -0.2) is 42.3 Å². The van der Waals surface area contributed by atoms with Crippen LogP contribution in [0.4, 0.5) is 5.69 Å². The summed E-state index contributed by atoms with van der Waals surface area (Å²) >= 11 is 8.48. The van der Waals surface area contributed by atoms with Crippen molar-refractivity contribution in [3.05, 3.63) is 26.6 Å². The number of carbonyl (C=O) groups is 1. The van der Waals surface area contributed by atoms with Crippen LogP contribution in [-0.2, 0) is 14.6 Å². The zero-order chi connectivity index (χ0) is 16.9. The topological polar surface area (TPSA) is 66.8 Å². The van der Waals surface area contributed by atoms with Crippen LogP contribution in [0.15, 0.2) is 26.1 Å². The Morgan fingerprint density at radius 1 is 1.30 bits per heavy atom. The maximum Gasteiger partial charge on any atom is 0.244 e. The van der Waals surface area contributed by atoms with Gasteiger partial charge in [0.1, 0.15) is 0 Å². The SMILES string of the molecule is CC(=O)N=C1S[C@H]2CS(=O)(=O)C[C@H]2N1c1c(Br)cc(C)cc1Br. The third kappa shape index (κ3) is 3.38. The van der Waals surface area contributed by atoms with E-state index < -0.39 is 9.84 Å². The summed E-state index contributed by atoms with van der Waals surface area (Å²) in [7, 11) is -3.07. The minimum atomic E-state index is -3.07. The number of amides is 1. The van der Waals surface area contributed by atoms with Crippen LogP contribution in [0, 0.1) is 6.92 Å². The van der Waals surface area contributed by atoms with Crippen molar-refractivity contribution in [2.24, 2.45) is 4.99 Å². The van der Waals surface area contributed by atoms with Crippen molar-refractivity contribution in [1.82, 2.24) is 0 Å². The molecule has 0 aliphatic carbocycles. The lowest BCUT2D eigenvalue weighted by Crippen LogP contribution is -2.38. The molecule has 1 aromatic rings. The first-order valence-corrected chi connectivity index (χ1v) is 11.2. The minimum Gasteiger partial charge on any atom is -0.313 e. The molecule has 124 valence electrons. The highest BCUT2D eigenvalue weighted by Gasteiger charge is 2.50. The summed E-state index contributed by atoms with van der Waals surface area (Å²) in [6, 6.07) is 3.72. The lowest BCUT2D eigenvalue weighted by Gasteiger charge is -2.27. The van der Waals surface area contributed by atoms with E-state index in [2.05, 4.69) is 36.9 Å². The van der Waals surface area contributed by atoms with E-state index in [0.29, 0.717) is 5.17 Å². The Bertz CT molecular complexity index is 800. The highest BCUT2D eigenvalue weighted by atomic mass is 79.9. The largest absolute Gasteiger partial charge is 0.313 e. The normalized spacial score (nSPS) is 27.5. The van der Waals surface area contributed by atoms with Gasteiger partial charge in [0.05, 0.1) is 23.2 Å². The van der Waals surface area contributed by atoms with Crippen molar-refractivity contribution in [3.63, 3.8) is 0 Å². The van der Waals surface area contributed by atoms with E-state index in [0.717, 1.165) is 20.2 Å². The molecule has 0 radical (unpaired) electrons. The summed E-state index contributed by atoms with van der Waals surface area (Å²) in [5.41, 5.74) is 1.88. The number of aryl methyl sites for hydroxylation is 1. The number of carbonyl (C=O) groups excluding carboxylic acids is 1. The molecule has 2 heterocycles. The fourth-order valence-electron chi connectivity index (χ4n) is 2.88. The van der Waals surface area contributed by atoms with Gasteiger partial charge < -0.3 is 4.90 Å². The number of hydrogen-bond donors (Lipinski definition) is 0. The van der Waals surface area contributed by atoms with Crippen LogP contribution in [0.2, 0.25) is 0 Å². The summed E-state index contributed by atoms with van der Waals surface area (Å²) in [5, 5.41) is 0.464. The number of benzene rings is 1. The number of hydrogen-bond acceptors (Lipinski definition) is 4. The van der Waals surface area contributed by atoms with Gasteiger partial charge in [-0.15, -0.1) is 0 Å². The summed E-state index contributed by atoms with van der Waals surface area (Å²) in [4.78, 5) is 17.5. The Kier molecular flexibility index (Phi) is 4.67. The molecule has 5 nitrogen and oxygen atoms in total. The van der Waals surface area contributed by atoms with Crippen molar-refractivity contribution in [2.45, 2.75) is 25.1 Å². The predicted molar refractivity (Wildman–Crippen MR) is 101 cm³/mol. The van der Waals surface area contributed by atoms with Gasteiger partial charge in [0, 0.05) is 21.1 Å². The van der Waals surface area contributed by atoms with Gasteiger partial charge in [0.2, 0.25) is 5.91 Å². The van der Waals surface area contributed by atoms with Gasteiger partial charge in [-0.1, -0.05) is 11.8 Å². The van der Waals surface area contributed by atoms with Crippen LogP contribution in [0.1, 0.15) is 12.5 Å². The molecule has 0 aromatic heterocycles. The number of rotatable bonds is 1. The highest BCUT2D eigenvalue weighted by molar-refractivity contribution is 9.11. The molecular weight excluding hydrogens is 468 g/mol. The van der Waals surface area contributed by atoms with E-state index in [1.165, 1.54) is 18.7 Å². The summed E-state index contributed by atoms with van der Waals surface area (Å²) in [6.45, 7) is 3.38. The molecule has 2 aliphatic rings. The van der Waals surface area contributed by atoms with Gasteiger partial charge in [-0.25, -0.2) is 8.42 Å². The zero-order valence-corrected chi connectivity index (χ0v) is 17.2. The Morgan fingerprint density at radius 3 is 2.48 bits per heavy atom. The third-order valence-corrected chi connectivity index (χ3v) is 8.14. The maximum atomic E-state index is 12.0. The second kappa shape index (κ2) is 6.16. The van der Waals surface area contributed by atoms with Crippen LogP contribution < -0.4 is 4.90 Å². The molecule has 0 unspecified atom stereocenters. The molecular formula is C14H14Br2N2O3S2. The van der Waals surface area contributed by atoms with Gasteiger partial charge in [0.15, 0.2) is 15.0 Å². The second-order valence-corrected chi connectivity index (χ2v) is 10.7. The van der Waals surface area contributed by atoms with E-state index in [1.54, 1.807) is 0 Å². The van der Waals surface area contributed by atoms with Gasteiger partial charge in [0.25, 0.3) is 0 Å². The molecule has 0 spiro atoms. The Morgan fingerprint density at radius 2 is 1.91 bits per heavy atom. The number of amidine groups is 1. The van der Waals surface area contributed by atoms with E-state index in [4.69, 9.17) is 0 Å². The molecule has 1 amide bonds. The molecule has 9 heteroatoms. The van der Waals surface area contributed by atoms with Gasteiger partial charge in [-0.05, 0) is 56.5 Å². The van der Waals surface area contributed by atoms with Crippen molar-refractivity contribution in [2.75, 3.05) is 16.4 Å². The van der Waals surface area contributed by atoms with Crippen LogP contribution in [0.25, 0.3) is 0 Å². The smallest absolute Gasteiger partial charge is 0.244 e. The Labute approximate surface area is 156 Å². The second-order valence-electron chi connectivity index (χ2n) is 5.66. The highest BCUT2D eigenvalue weighted by Crippen LogP contribution is 2.46. The van der Waals surface area contributed by atoms with Gasteiger partial charge in [-0.2, -0.15) is 4.99 Å². The van der Waals surface area contributed by atoms with E-state index in [1.807, 2.05) is 24.0 Å². The number of nitrogens with zero attached hydrogens (tertiary/aromatic N) is 2. The average Bonchev–Trinajstić information content (AvgIpc) is 2.81. The van der Waals surface area contributed by atoms with Crippen molar-refractivity contribution in [3.8, 4) is 0 Å². The Hall–Kier alpha value is -0.380. The molecule has 0 bridgehead atoms. The number of halogens is 2. The first kappa shape index (κ1) is 17.4. The number of aliphatic imine (C=N–C) groups is 1. The monoisotopic (exact) mass is 480 g/mol. The quantitative estimate of drug-likeness (QED) is 0.616. The van der Waals surface area contributed by atoms with Crippen molar-refractivity contribution >= 4 is 70.2 Å². The van der Waals surface area contributed by atoms with Crippen molar-refractivity contribution in [1.29, 1.82) is 0 Å². The number of sulfone groups is 1. The van der Waals surface area contributed by atoms with Crippen LogP contribution >= 0.6 is 43.6 Å². The molecule has 23 heavy (non-hydrogen) atoms. The molecule has 2 aliphatic heterocycles. The molecule has 1 aromatic carbocycles. The zero-order valence-electron chi connectivity index (χ0n) is 12.4. The van der Waals surface area contributed by atoms with E-state index in [-0.39, 0.29) is 28.7 Å². The molecule has 3 rings (SSSR count).